The van der Waals surface area contributed by atoms with Gasteiger partial charge in [-0.05, 0) is 26.8 Å². The third-order valence-corrected chi connectivity index (χ3v) is 5.73. The van der Waals surface area contributed by atoms with Crippen molar-refractivity contribution in [3.63, 3.8) is 0 Å². The fourth-order valence-corrected chi connectivity index (χ4v) is 3.95. The smallest absolute Gasteiger partial charge is 0.174 e. The molecule has 0 spiro atoms. The second kappa shape index (κ2) is 9.26. The molecular weight excluding hydrogens is 372 g/mol. The molecule has 2 aromatic heterocycles. The lowest BCUT2D eigenvalue weighted by Crippen LogP contribution is -2.09. The first kappa shape index (κ1) is 20.4. The summed E-state index contributed by atoms with van der Waals surface area (Å²) in [6.07, 6.45) is 0. The molecule has 3 aromatic rings. The van der Waals surface area contributed by atoms with E-state index < -0.39 is 0 Å². The summed E-state index contributed by atoms with van der Waals surface area (Å²) in [5.74, 6) is 1.95. The highest BCUT2D eigenvalue weighted by Gasteiger charge is 2.16. The van der Waals surface area contributed by atoms with Crippen molar-refractivity contribution in [2.24, 2.45) is 0 Å². The lowest BCUT2D eigenvalue weighted by atomic mass is 10.1. The minimum Gasteiger partial charge on any atom is -0.383 e. The number of hydrogen-bond donors (Lipinski definition) is 0. The Morgan fingerprint density at radius 1 is 1.18 bits per heavy atom. The number of ether oxygens (including phenoxy) is 1. The van der Waals surface area contributed by atoms with Crippen LogP contribution in [0.3, 0.4) is 0 Å². The Balaban J connectivity index is 1.57. The maximum absolute atomic E-state index is 12.6. The lowest BCUT2D eigenvalue weighted by Gasteiger charge is -2.08. The average molecular weight is 399 g/mol. The molecular formula is C22H26N2O3S. The van der Waals surface area contributed by atoms with Gasteiger partial charge in [0, 0.05) is 42.2 Å². The topological polar surface area (TPSA) is 57.3 Å². The van der Waals surface area contributed by atoms with E-state index in [1.807, 2.05) is 38.1 Å². The van der Waals surface area contributed by atoms with Gasteiger partial charge >= 0.3 is 0 Å². The first-order valence-corrected chi connectivity index (χ1v) is 10.4. The van der Waals surface area contributed by atoms with Crippen molar-refractivity contribution in [2.45, 2.75) is 33.1 Å². The van der Waals surface area contributed by atoms with E-state index in [2.05, 4.69) is 28.8 Å². The number of benzene rings is 1. The standard InChI is InChI=1S/C22H26N2O3S/c1-15-5-7-18(8-6-15)21-12-19(27-23-21)13-28-14-22(25)20-11-16(2)24(17(20)3)9-10-26-4/h5-8,11-12H,9-10,13-14H2,1-4H3. The molecule has 2 heterocycles. The molecule has 0 N–H and O–H groups in total. The number of rotatable bonds is 9. The van der Waals surface area contributed by atoms with E-state index in [0.29, 0.717) is 18.1 Å². The molecule has 0 aliphatic heterocycles. The van der Waals surface area contributed by atoms with Gasteiger partial charge in [0.05, 0.1) is 18.1 Å². The number of thioether (sulfide) groups is 1. The van der Waals surface area contributed by atoms with Crippen LogP contribution in [0, 0.1) is 20.8 Å². The van der Waals surface area contributed by atoms with Gasteiger partial charge in [0.15, 0.2) is 5.78 Å². The van der Waals surface area contributed by atoms with Gasteiger partial charge < -0.3 is 13.8 Å². The van der Waals surface area contributed by atoms with Crippen molar-refractivity contribution in [1.82, 2.24) is 9.72 Å². The molecule has 0 fully saturated rings. The molecule has 0 atom stereocenters. The van der Waals surface area contributed by atoms with Crippen molar-refractivity contribution in [1.29, 1.82) is 0 Å². The zero-order valence-electron chi connectivity index (χ0n) is 16.8. The number of carbonyl (C=O) groups excluding carboxylic acids is 1. The van der Waals surface area contributed by atoms with Crippen LogP contribution >= 0.6 is 11.8 Å². The molecule has 1 aromatic carbocycles. The highest BCUT2D eigenvalue weighted by atomic mass is 32.2. The van der Waals surface area contributed by atoms with E-state index >= 15 is 0 Å². The molecule has 0 amide bonds. The van der Waals surface area contributed by atoms with E-state index in [1.54, 1.807) is 18.9 Å². The summed E-state index contributed by atoms with van der Waals surface area (Å²) in [5.41, 5.74) is 5.94. The van der Waals surface area contributed by atoms with Crippen LogP contribution in [-0.4, -0.2) is 35.0 Å². The van der Waals surface area contributed by atoms with Gasteiger partial charge in [0.2, 0.25) is 0 Å². The first-order chi connectivity index (χ1) is 13.5. The van der Waals surface area contributed by atoms with E-state index in [4.69, 9.17) is 9.26 Å². The highest BCUT2D eigenvalue weighted by Crippen LogP contribution is 2.23. The average Bonchev–Trinajstić information content (AvgIpc) is 3.26. The molecule has 0 unspecified atom stereocenters. The monoisotopic (exact) mass is 398 g/mol. The van der Waals surface area contributed by atoms with Crippen molar-refractivity contribution in [3.8, 4) is 11.3 Å². The second-order valence-corrected chi connectivity index (χ2v) is 7.88. The predicted octanol–water partition coefficient (Wildman–Crippen LogP) is 4.83. The van der Waals surface area contributed by atoms with Crippen LogP contribution < -0.4 is 0 Å². The van der Waals surface area contributed by atoms with Crippen molar-refractivity contribution < 1.29 is 14.1 Å². The molecule has 0 aliphatic carbocycles. The predicted molar refractivity (Wildman–Crippen MR) is 113 cm³/mol. The minimum absolute atomic E-state index is 0.139. The molecule has 5 nitrogen and oxygen atoms in total. The summed E-state index contributed by atoms with van der Waals surface area (Å²) in [6, 6.07) is 12.1. The zero-order valence-corrected chi connectivity index (χ0v) is 17.6. The molecule has 0 aliphatic rings. The molecule has 0 radical (unpaired) electrons. The van der Waals surface area contributed by atoms with Gasteiger partial charge in [-0.25, -0.2) is 0 Å². The molecule has 0 saturated carbocycles. The molecule has 6 heteroatoms. The molecule has 3 rings (SSSR count). The minimum atomic E-state index is 0.139. The van der Waals surface area contributed by atoms with Crippen LogP contribution in [0.15, 0.2) is 40.9 Å². The van der Waals surface area contributed by atoms with Gasteiger partial charge in [-0.1, -0.05) is 35.0 Å². The van der Waals surface area contributed by atoms with E-state index in [1.165, 1.54) is 5.56 Å². The Kier molecular flexibility index (Phi) is 6.75. The number of aryl methyl sites for hydroxylation is 2. The van der Waals surface area contributed by atoms with Crippen LogP contribution in [-0.2, 0) is 17.0 Å². The molecule has 148 valence electrons. The molecule has 28 heavy (non-hydrogen) atoms. The van der Waals surface area contributed by atoms with Crippen LogP contribution in [0.5, 0.6) is 0 Å². The van der Waals surface area contributed by atoms with Crippen molar-refractivity contribution in [3.05, 3.63) is 64.7 Å². The lowest BCUT2D eigenvalue weighted by molar-refractivity contribution is 0.102. The van der Waals surface area contributed by atoms with Gasteiger partial charge in [-0.15, -0.1) is 11.8 Å². The Labute approximate surface area is 170 Å². The Bertz CT molecular complexity index is 941. The van der Waals surface area contributed by atoms with Crippen LogP contribution in [0.4, 0.5) is 0 Å². The third kappa shape index (κ3) is 4.75. The Morgan fingerprint density at radius 3 is 2.64 bits per heavy atom. The summed E-state index contributed by atoms with van der Waals surface area (Å²) in [5, 5.41) is 4.14. The summed E-state index contributed by atoms with van der Waals surface area (Å²) < 4.78 is 12.7. The normalized spacial score (nSPS) is 11.1. The number of carbonyl (C=O) groups is 1. The fourth-order valence-electron chi connectivity index (χ4n) is 3.17. The third-order valence-electron chi connectivity index (χ3n) is 4.78. The fraction of sp³-hybridized carbons (Fsp3) is 0.364. The largest absolute Gasteiger partial charge is 0.383 e. The van der Waals surface area contributed by atoms with Crippen LogP contribution in [0.1, 0.15) is 33.1 Å². The van der Waals surface area contributed by atoms with Gasteiger partial charge in [0.25, 0.3) is 0 Å². The second-order valence-electron chi connectivity index (χ2n) is 6.89. The SMILES string of the molecule is COCCn1c(C)cc(C(=O)CSCc2cc(-c3ccc(C)cc3)no2)c1C. The van der Waals surface area contributed by atoms with E-state index in [-0.39, 0.29) is 5.78 Å². The van der Waals surface area contributed by atoms with E-state index in [9.17, 15) is 4.79 Å². The zero-order chi connectivity index (χ0) is 20.1. The van der Waals surface area contributed by atoms with Gasteiger partial charge in [-0.3, -0.25) is 4.79 Å². The molecule has 0 bridgehead atoms. The Hall–Kier alpha value is -2.31. The van der Waals surface area contributed by atoms with Crippen molar-refractivity contribution in [2.75, 3.05) is 19.5 Å². The highest BCUT2D eigenvalue weighted by molar-refractivity contribution is 7.99. The number of ketones is 1. The summed E-state index contributed by atoms with van der Waals surface area (Å²) in [6.45, 7) is 7.46. The number of methoxy groups -OCH3 is 1. The van der Waals surface area contributed by atoms with Gasteiger partial charge in [-0.2, -0.15) is 0 Å². The maximum Gasteiger partial charge on any atom is 0.174 e. The maximum atomic E-state index is 12.6. The number of Topliss-reactive ketones (excluding diaryl/α,β-unsaturated/α-hetero) is 1. The van der Waals surface area contributed by atoms with E-state index in [0.717, 1.165) is 40.5 Å². The van der Waals surface area contributed by atoms with Gasteiger partial charge in [0.1, 0.15) is 11.5 Å². The van der Waals surface area contributed by atoms with Crippen molar-refractivity contribution >= 4 is 17.5 Å². The summed E-state index contributed by atoms with van der Waals surface area (Å²) >= 11 is 1.54. The number of nitrogens with zero attached hydrogens (tertiary/aromatic N) is 2. The summed E-state index contributed by atoms with van der Waals surface area (Å²) in [4.78, 5) is 12.6. The number of hydrogen-bond acceptors (Lipinski definition) is 5. The Morgan fingerprint density at radius 2 is 1.93 bits per heavy atom. The molecule has 0 saturated heterocycles. The summed E-state index contributed by atoms with van der Waals surface area (Å²) in [7, 11) is 1.69. The van der Waals surface area contributed by atoms with Crippen LogP contribution in [0.25, 0.3) is 11.3 Å². The first-order valence-electron chi connectivity index (χ1n) is 9.29. The number of aromatic nitrogens is 2. The van der Waals surface area contributed by atoms with Crippen LogP contribution in [0.2, 0.25) is 0 Å². The quantitative estimate of drug-likeness (QED) is 0.483.